The molecule has 2 aliphatic heterocycles. The Bertz CT molecular complexity index is 600. The van der Waals surface area contributed by atoms with Crippen molar-refractivity contribution in [2.24, 2.45) is 0 Å². The molecule has 1 atom stereocenters. The molecule has 0 bridgehead atoms. The summed E-state index contributed by atoms with van der Waals surface area (Å²) in [5.41, 5.74) is 4.40. The van der Waals surface area contributed by atoms with E-state index in [9.17, 15) is 5.26 Å². The normalized spacial score (nSPS) is 21.7. The molecular weight excluding hydrogens is 220 g/mol. The van der Waals surface area contributed by atoms with Gasteiger partial charge in [-0.2, -0.15) is 5.26 Å². The Kier molecular flexibility index (Phi) is 2.53. The Morgan fingerprint density at radius 2 is 2.06 bits per heavy atom. The summed E-state index contributed by atoms with van der Waals surface area (Å²) in [7, 11) is 0. The lowest BCUT2D eigenvalue weighted by Gasteiger charge is -2.27. The molecule has 0 radical (unpaired) electrons. The molecule has 0 amide bonds. The first kappa shape index (κ1) is 10.9. The third kappa shape index (κ3) is 1.65. The third-order valence-corrected chi connectivity index (χ3v) is 3.50. The molecule has 0 saturated carbocycles. The second-order valence-electron chi connectivity index (χ2n) is 4.72. The zero-order valence-electron chi connectivity index (χ0n) is 10.3. The molecule has 2 heteroatoms. The topological polar surface area (TPSA) is 27.0 Å². The van der Waals surface area contributed by atoms with E-state index in [1.807, 2.05) is 18.2 Å². The third-order valence-electron chi connectivity index (χ3n) is 3.50. The Hall–Kier alpha value is -2.27. The van der Waals surface area contributed by atoms with Crippen LogP contribution in [-0.2, 0) is 0 Å². The molecule has 0 N–H and O–H groups in total. The van der Waals surface area contributed by atoms with Crippen LogP contribution in [-0.4, -0.2) is 4.90 Å². The van der Waals surface area contributed by atoms with E-state index < -0.39 is 0 Å². The van der Waals surface area contributed by atoms with Gasteiger partial charge in [0.1, 0.15) is 0 Å². The lowest BCUT2D eigenvalue weighted by molar-refractivity contribution is 0.387. The molecule has 0 saturated heterocycles. The quantitative estimate of drug-likeness (QED) is 0.741. The van der Waals surface area contributed by atoms with Gasteiger partial charge in [-0.15, -0.1) is 0 Å². The summed E-state index contributed by atoms with van der Waals surface area (Å²) < 4.78 is 0. The molecule has 2 nitrogen and oxygen atoms in total. The van der Waals surface area contributed by atoms with Crippen molar-refractivity contribution in [1.29, 1.82) is 5.26 Å². The Labute approximate surface area is 107 Å². The molecule has 1 aromatic rings. The Balaban J connectivity index is 2.01. The predicted molar refractivity (Wildman–Crippen MR) is 71.2 cm³/mol. The van der Waals surface area contributed by atoms with Crippen LogP contribution in [0.15, 0.2) is 65.5 Å². The molecule has 88 valence electrons. The van der Waals surface area contributed by atoms with Crippen LogP contribution in [0.3, 0.4) is 0 Å². The van der Waals surface area contributed by atoms with Crippen LogP contribution in [0.25, 0.3) is 0 Å². The van der Waals surface area contributed by atoms with Crippen molar-refractivity contribution in [3.63, 3.8) is 0 Å². The van der Waals surface area contributed by atoms with Crippen LogP contribution in [0.1, 0.15) is 24.9 Å². The van der Waals surface area contributed by atoms with Crippen molar-refractivity contribution >= 4 is 0 Å². The van der Waals surface area contributed by atoms with Crippen LogP contribution in [0.5, 0.6) is 0 Å². The number of rotatable bonds is 1. The van der Waals surface area contributed by atoms with E-state index in [2.05, 4.69) is 48.4 Å². The van der Waals surface area contributed by atoms with Gasteiger partial charge in [-0.3, -0.25) is 0 Å². The highest BCUT2D eigenvalue weighted by atomic mass is 15.2. The van der Waals surface area contributed by atoms with Crippen molar-refractivity contribution in [3.8, 4) is 6.07 Å². The number of hydrogen-bond donors (Lipinski definition) is 0. The number of nitrogens with zero attached hydrogens (tertiary/aromatic N) is 2. The van der Waals surface area contributed by atoms with Crippen LogP contribution < -0.4 is 0 Å². The molecule has 0 spiro atoms. The lowest BCUT2D eigenvalue weighted by atomic mass is 10.0. The molecule has 2 heterocycles. The maximum Gasteiger partial charge on any atom is 0.0969 e. The molecule has 0 fully saturated rings. The smallest absolute Gasteiger partial charge is 0.0969 e. The summed E-state index contributed by atoms with van der Waals surface area (Å²) >= 11 is 0. The standard InChI is InChI=1S/C16H14N2/c1-12-7-8-18-15(9-12)14(11-17)10-16(18)13-5-3-2-4-6-13/h2-9,16H,10H2,1H3. The van der Waals surface area contributed by atoms with E-state index in [4.69, 9.17) is 0 Å². The van der Waals surface area contributed by atoms with E-state index in [1.54, 1.807) is 0 Å². The van der Waals surface area contributed by atoms with Crippen molar-refractivity contribution in [3.05, 3.63) is 71.1 Å². The maximum absolute atomic E-state index is 9.27. The fourth-order valence-corrected chi connectivity index (χ4v) is 2.58. The second kappa shape index (κ2) is 4.19. The van der Waals surface area contributed by atoms with Gasteiger partial charge in [0.2, 0.25) is 0 Å². The van der Waals surface area contributed by atoms with Crippen molar-refractivity contribution in [2.45, 2.75) is 19.4 Å². The maximum atomic E-state index is 9.27. The van der Waals surface area contributed by atoms with Crippen molar-refractivity contribution in [1.82, 2.24) is 4.90 Å². The highest BCUT2D eigenvalue weighted by molar-refractivity contribution is 5.47. The monoisotopic (exact) mass is 234 g/mol. The fraction of sp³-hybridized carbons (Fsp3) is 0.188. The molecule has 0 aliphatic carbocycles. The molecule has 1 unspecified atom stereocenters. The van der Waals surface area contributed by atoms with Gasteiger partial charge in [0, 0.05) is 12.6 Å². The minimum absolute atomic E-state index is 0.261. The zero-order valence-corrected chi connectivity index (χ0v) is 10.3. The average molecular weight is 234 g/mol. The largest absolute Gasteiger partial charge is 0.339 e. The molecule has 18 heavy (non-hydrogen) atoms. The molecule has 2 aliphatic rings. The Morgan fingerprint density at radius 3 is 2.78 bits per heavy atom. The molecule has 0 aromatic heterocycles. The zero-order chi connectivity index (χ0) is 12.5. The summed E-state index contributed by atoms with van der Waals surface area (Å²) in [4.78, 5) is 2.21. The minimum atomic E-state index is 0.261. The molecule has 1 aromatic carbocycles. The fourth-order valence-electron chi connectivity index (χ4n) is 2.58. The SMILES string of the molecule is CC1=CC2=C(C#N)CC(c3ccccc3)N2C=C1. The van der Waals surface area contributed by atoms with Gasteiger partial charge in [-0.1, -0.05) is 30.3 Å². The van der Waals surface area contributed by atoms with Gasteiger partial charge in [0.05, 0.1) is 23.4 Å². The van der Waals surface area contributed by atoms with Gasteiger partial charge < -0.3 is 4.90 Å². The Morgan fingerprint density at radius 1 is 1.28 bits per heavy atom. The molecular formula is C16H14N2. The first-order chi connectivity index (χ1) is 8.79. The van der Waals surface area contributed by atoms with E-state index >= 15 is 0 Å². The summed E-state index contributed by atoms with van der Waals surface area (Å²) in [6.45, 7) is 2.06. The lowest BCUT2D eigenvalue weighted by Crippen LogP contribution is -2.18. The van der Waals surface area contributed by atoms with Gasteiger partial charge >= 0.3 is 0 Å². The van der Waals surface area contributed by atoms with Crippen molar-refractivity contribution < 1.29 is 0 Å². The van der Waals surface area contributed by atoms with Crippen LogP contribution in [0.4, 0.5) is 0 Å². The molecule has 3 rings (SSSR count). The van der Waals surface area contributed by atoms with E-state index in [-0.39, 0.29) is 6.04 Å². The van der Waals surface area contributed by atoms with Crippen LogP contribution >= 0.6 is 0 Å². The van der Waals surface area contributed by atoms with Crippen LogP contribution in [0.2, 0.25) is 0 Å². The summed E-state index contributed by atoms with van der Waals surface area (Å²) in [6.07, 6.45) is 7.08. The van der Waals surface area contributed by atoms with Gasteiger partial charge in [-0.05, 0) is 30.2 Å². The summed E-state index contributed by atoms with van der Waals surface area (Å²) in [6, 6.07) is 13.0. The number of nitriles is 1. The summed E-state index contributed by atoms with van der Waals surface area (Å²) in [5, 5.41) is 9.27. The average Bonchev–Trinajstić information content (AvgIpc) is 2.77. The van der Waals surface area contributed by atoms with Gasteiger partial charge in [-0.25, -0.2) is 0 Å². The van der Waals surface area contributed by atoms with Gasteiger partial charge in [0.25, 0.3) is 0 Å². The van der Waals surface area contributed by atoms with Gasteiger partial charge in [0.15, 0.2) is 0 Å². The second-order valence-corrected chi connectivity index (χ2v) is 4.72. The highest BCUT2D eigenvalue weighted by Crippen LogP contribution is 2.41. The highest BCUT2D eigenvalue weighted by Gasteiger charge is 2.31. The first-order valence-corrected chi connectivity index (χ1v) is 6.12. The predicted octanol–water partition coefficient (Wildman–Crippen LogP) is 3.68. The van der Waals surface area contributed by atoms with E-state index in [0.717, 1.165) is 17.7 Å². The van der Waals surface area contributed by atoms with E-state index in [0.29, 0.717) is 0 Å². The first-order valence-electron chi connectivity index (χ1n) is 6.12. The number of fused-ring (bicyclic) bond motifs is 1. The number of benzene rings is 1. The summed E-state index contributed by atoms with van der Waals surface area (Å²) in [5.74, 6) is 0. The van der Waals surface area contributed by atoms with Crippen molar-refractivity contribution in [2.75, 3.05) is 0 Å². The number of hydrogen-bond acceptors (Lipinski definition) is 2. The van der Waals surface area contributed by atoms with E-state index in [1.165, 1.54) is 11.1 Å². The number of allylic oxidation sites excluding steroid dienone is 3. The minimum Gasteiger partial charge on any atom is -0.339 e. The van der Waals surface area contributed by atoms with Crippen LogP contribution in [0, 0.1) is 11.3 Å².